The number of hydrogen-bond donors (Lipinski definition) is 1. The van der Waals surface area contributed by atoms with Crippen molar-refractivity contribution in [3.05, 3.63) is 65.7 Å². The lowest BCUT2D eigenvalue weighted by Gasteiger charge is -2.12. The first-order valence-corrected chi connectivity index (χ1v) is 6.51. The second-order valence-electron chi connectivity index (χ2n) is 5.05. The van der Waals surface area contributed by atoms with E-state index in [1.54, 1.807) is 0 Å². The number of rotatable bonds is 1. The molecule has 1 heteroatoms. The van der Waals surface area contributed by atoms with E-state index in [-0.39, 0.29) is 0 Å². The van der Waals surface area contributed by atoms with E-state index in [9.17, 15) is 0 Å². The minimum Gasteiger partial charge on any atom is -0.398 e. The molecule has 0 atom stereocenters. The fourth-order valence-corrected chi connectivity index (χ4v) is 2.56. The van der Waals surface area contributed by atoms with Crippen LogP contribution in [0.1, 0.15) is 11.1 Å². The maximum Gasteiger partial charge on any atom is 0.0349 e. The molecule has 0 saturated carbocycles. The van der Waals surface area contributed by atoms with Gasteiger partial charge in [-0.15, -0.1) is 0 Å². The van der Waals surface area contributed by atoms with Gasteiger partial charge in [0.2, 0.25) is 0 Å². The van der Waals surface area contributed by atoms with Crippen molar-refractivity contribution < 1.29 is 0 Å². The number of nitrogen functional groups attached to an aromatic ring is 1. The fourth-order valence-electron chi connectivity index (χ4n) is 2.56. The van der Waals surface area contributed by atoms with E-state index in [2.05, 4.69) is 61.5 Å². The predicted molar refractivity (Wildman–Crippen MR) is 83.3 cm³/mol. The molecule has 0 saturated heterocycles. The Morgan fingerprint density at radius 1 is 0.789 bits per heavy atom. The molecule has 0 aromatic heterocycles. The van der Waals surface area contributed by atoms with Gasteiger partial charge in [0.05, 0.1) is 0 Å². The Morgan fingerprint density at radius 3 is 2.32 bits per heavy atom. The van der Waals surface area contributed by atoms with Crippen molar-refractivity contribution in [2.75, 3.05) is 5.73 Å². The second-order valence-corrected chi connectivity index (χ2v) is 5.05. The van der Waals surface area contributed by atoms with Crippen LogP contribution in [0.25, 0.3) is 21.9 Å². The standard InChI is InChI=1S/C18H17N/c1-12-7-10-15(11-17(12)19)18-13(2)8-9-14-5-3-4-6-16(14)18/h3-11H,19H2,1-2H3. The van der Waals surface area contributed by atoms with Gasteiger partial charge >= 0.3 is 0 Å². The molecule has 0 spiro atoms. The lowest BCUT2D eigenvalue weighted by molar-refractivity contribution is 1.45. The van der Waals surface area contributed by atoms with Gasteiger partial charge in [-0.05, 0) is 52.9 Å². The number of benzene rings is 3. The highest BCUT2D eigenvalue weighted by atomic mass is 14.6. The third-order valence-electron chi connectivity index (χ3n) is 3.71. The number of hydrogen-bond acceptors (Lipinski definition) is 1. The monoisotopic (exact) mass is 247 g/mol. The second kappa shape index (κ2) is 4.43. The van der Waals surface area contributed by atoms with Crippen LogP contribution in [0.3, 0.4) is 0 Å². The summed E-state index contributed by atoms with van der Waals surface area (Å²) >= 11 is 0. The SMILES string of the molecule is Cc1ccc(-c2c(C)ccc3ccccc23)cc1N. The molecule has 0 unspecified atom stereocenters. The van der Waals surface area contributed by atoms with Crippen molar-refractivity contribution in [2.24, 2.45) is 0 Å². The van der Waals surface area contributed by atoms with E-state index in [1.165, 1.54) is 27.5 Å². The van der Waals surface area contributed by atoms with E-state index in [0.29, 0.717) is 0 Å². The van der Waals surface area contributed by atoms with Crippen molar-refractivity contribution in [3.8, 4) is 11.1 Å². The van der Waals surface area contributed by atoms with Crippen LogP contribution in [-0.4, -0.2) is 0 Å². The largest absolute Gasteiger partial charge is 0.398 e. The van der Waals surface area contributed by atoms with Crippen molar-refractivity contribution in [3.63, 3.8) is 0 Å². The number of anilines is 1. The first-order valence-electron chi connectivity index (χ1n) is 6.51. The molecule has 0 amide bonds. The lowest BCUT2D eigenvalue weighted by Crippen LogP contribution is -1.92. The van der Waals surface area contributed by atoms with Crippen LogP contribution in [0.2, 0.25) is 0 Å². The molecule has 3 rings (SSSR count). The zero-order valence-corrected chi connectivity index (χ0v) is 11.3. The summed E-state index contributed by atoms with van der Waals surface area (Å²) in [4.78, 5) is 0. The van der Waals surface area contributed by atoms with Gasteiger partial charge in [-0.25, -0.2) is 0 Å². The summed E-state index contributed by atoms with van der Waals surface area (Å²) in [6.45, 7) is 4.19. The Bertz CT molecular complexity index is 757. The molecular formula is C18H17N. The highest BCUT2D eigenvalue weighted by Gasteiger charge is 2.08. The Morgan fingerprint density at radius 2 is 1.53 bits per heavy atom. The molecule has 1 nitrogen and oxygen atoms in total. The van der Waals surface area contributed by atoms with Gasteiger partial charge in [-0.3, -0.25) is 0 Å². The first-order chi connectivity index (χ1) is 9.16. The summed E-state index contributed by atoms with van der Waals surface area (Å²) in [6.07, 6.45) is 0. The van der Waals surface area contributed by atoms with Crippen LogP contribution < -0.4 is 5.73 Å². The van der Waals surface area contributed by atoms with E-state index in [4.69, 9.17) is 5.73 Å². The average molecular weight is 247 g/mol. The molecule has 2 N–H and O–H groups in total. The van der Waals surface area contributed by atoms with E-state index < -0.39 is 0 Å². The number of fused-ring (bicyclic) bond motifs is 1. The molecule has 19 heavy (non-hydrogen) atoms. The minimum atomic E-state index is 0.852. The molecule has 0 bridgehead atoms. The van der Waals surface area contributed by atoms with Crippen molar-refractivity contribution in [1.82, 2.24) is 0 Å². The first kappa shape index (κ1) is 11.8. The molecule has 0 radical (unpaired) electrons. The zero-order valence-electron chi connectivity index (χ0n) is 11.3. The molecule has 0 aliphatic carbocycles. The Labute approximate surface area is 113 Å². The number of nitrogens with two attached hydrogens (primary N) is 1. The third-order valence-corrected chi connectivity index (χ3v) is 3.71. The molecule has 0 aliphatic heterocycles. The minimum absolute atomic E-state index is 0.852. The molecule has 3 aromatic carbocycles. The molecular weight excluding hydrogens is 230 g/mol. The highest BCUT2D eigenvalue weighted by Crippen LogP contribution is 2.33. The van der Waals surface area contributed by atoms with Crippen LogP contribution in [0.5, 0.6) is 0 Å². The van der Waals surface area contributed by atoms with E-state index >= 15 is 0 Å². The predicted octanol–water partition coefficient (Wildman–Crippen LogP) is 4.71. The van der Waals surface area contributed by atoms with Gasteiger partial charge in [0.15, 0.2) is 0 Å². The molecule has 0 heterocycles. The van der Waals surface area contributed by atoms with E-state index in [0.717, 1.165) is 11.3 Å². The third kappa shape index (κ3) is 1.97. The summed E-state index contributed by atoms with van der Waals surface area (Å²) in [5.74, 6) is 0. The van der Waals surface area contributed by atoms with Crippen LogP contribution in [0.4, 0.5) is 5.69 Å². The Kier molecular flexibility index (Phi) is 2.75. The fraction of sp³-hybridized carbons (Fsp3) is 0.111. The maximum absolute atomic E-state index is 6.05. The van der Waals surface area contributed by atoms with Gasteiger partial charge < -0.3 is 5.73 Å². The van der Waals surface area contributed by atoms with Crippen LogP contribution >= 0.6 is 0 Å². The van der Waals surface area contributed by atoms with Gasteiger partial charge in [0, 0.05) is 5.69 Å². The highest BCUT2D eigenvalue weighted by molar-refractivity contribution is 5.98. The van der Waals surface area contributed by atoms with Gasteiger partial charge in [0.25, 0.3) is 0 Å². The van der Waals surface area contributed by atoms with Crippen molar-refractivity contribution in [2.45, 2.75) is 13.8 Å². The van der Waals surface area contributed by atoms with Crippen LogP contribution in [0, 0.1) is 13.8 Å². The average Bonchev–Trinajstić information content (AvgIpc) is 2.42. The van der Waals surface area contributed by atoms with Gasteiger partial charge in [0.1, 0.15) is 0 Å². The van der Waals surface area contributed by atoms with Gasteiger partial charge in [-0.1, -0.05) is 48.5 Å². The molecule has 0 aliphatic rings. The summed E-state index contributed by atoms with van der Waals surface area (Å²) in [7, 11) is 0. The van der Waals surface area contributed by atoms with Crippen molar-refractivity contribution >= 4 is 16.5 Å². The number of aryl methyl sites for hydroxylation is 2. The Hall–Kier alpha value is -2.28. The summed E-state index contributed by atoms with van der Waals surface area (Å²) in [5, 5.41) is 2.55. The van der Waals surface area contributed by atoms with Crippen LogP contribution in [0.15, 0.2) is 54.6 Å². The van der Waals surface area contributed by atoms with Crippen LogP contribution in [-0.2, 0) is 0 Å². The maximum atomic E-state index is 6.05. The molecule has 3 aromatic rings. The Balaban J connectivity index is 2.34. The smallest absolute Gasteiger partial charge is 0.0349 e. The topological polar surface area (TPSA) is 26.0 Å². The quantitative estimate of drug-likeness (QED) is 0.619. The normalized spacial score (nSPS) is 10.8. The molecule has 0 fully saturated rings. The van der Waals surface area contributed by atoms with E-state index in [1.807, 2.05) is 6.92 Å². The van der Waals surface area contributed by atoms with Crippen molar-refractivity contribution in [1.29, 1.82) is 0 Å². The molecule has 94 valence electrons. The van der Waals surface area contributed by atoms with Gasteiger partial charge in [-0.2, -0.15) is 0 Å². The zero-order chi connectivity index (χ0) is 13.4. The summed E-state index contributed by atoms with van der Waals surface area (Å²) < 4.78 is 0. The summed E-state index contributed by atoms with van der Waals surface area (Å²) in [5.41, 5.74) is 11.8. The summed E-state index contributed by atoms with van der Waals surface area (Å²) in [6, 6.07) is 19.1. The lowest BCUT2D eigenvalue weighted by atomic mass is 9.93.